The van der Waals surface area contributed by atoms with Gasteiger partial charge in [0.1, 0.15) is 0 Å². The van der Waals surface area contributed by atoms with Crippen molar-refractivity contribution in [3.8, 4) is 0 Å². The SMILES string of the molecule is CN1[C]NN=N1. The van der Waals surface area contributed by atoms with Crippen LogP contribution in [0.25, 0.3) is 0 Å². The second-order valence-corrected chi connectivity index (χ2v) is 0.937. The van der Waals surface area contributed by atoms with Crippen LogP contribution < -0.4 is 5.43 Å². The van der Waals surface area contributed by atoms with E-state index in [9.17, 15) is 0 Å². The first-order valence-electron chi connectivity index (χ1n) is 1.54. The van der Waals surface area contributed by atoms with Crippen LogP contribution in [0.3, 0.4) is 0 Å². The van der Waals surface area contributed by atoms with Crippen LogP contribution in [0.5, 0.6) is 0 Å². The maximum absolute atomic E-state index is 3.47. The summed E-state index contributed by atoms with van der Waals surface area (Å²) in [7, 11) is 1.74. The molecule has 0 bridgehead atoms. The highest BCUT2D eigenvalue weighted by molar-refractivity contribution is 4.54. The zero-order chi connectivity index (χ0) is 4.41. The minimum Gasteiger partial charge on any atom is -0.255 e. The highest BCUT2D eigenvalue weighted by Gasteiger charge is 1.97. The highest BCUT2D eigenvalue weighted by atomic mass is 15.7. The van der Waals surface area contributed by atoms with Crippen molar-refractivity contribution in [2.75, 3.05) is 7.05 Å². The molecule has 32 valence electrons. The molecule has 1 aliphatic heterocycles. The third-order valence-corrected chi connectivity index (χ3v) is 0.441. The number of hydrogen-bond acceptors (Lipinski definition) is 4. The molecule has 0 unspecified atom stereocenters. The van der Waals surface area contributed by atoms with E-state index < -0.39 is 0 Å². The highest BCUT2D eigenvalue weighted by Crippen LogP contribution is 1.91. The van der Waals surface area contributed by atoms with E-state index in [1.807, 2.05) is 0 Å². The summed E-state index contributed by atoms with van der Waals surface area (Å²) in [6.45, 7) is 2.57. The lowest BCUT2D eigenvalue weighted by Crippen LogP contribution is -2.06. The number of hydrogen-bond donors (Lipinski definition) is 1. The Labute approximate surface area is 35.8 Å². The Kier molecular flexibility index (Phi) is 0.633. The Hall–Kier alpha value is -0.800. The summed E-state index contributed by atoms with van der Waals surface area (Å²) in [6, 6.07) is 0. The second kappa shape index (κ2) is 1.12. The Morgan fingerprint density at radius 2 is 2.67 bits per heavy atom. The molecule has 4 heteroatoms. The molecule has 0 spiro atoms. The molecular weight excluding hydrogens is 80.0 g/mol. The Balaban J connectivity index is 2.38. The Morgan fingerprint density at radius 1 is 1.83 bits per heavy atom. The fourth-order valence-corrected chi connectivity index (χ4v) is 0.207. The molecule has 0 saturated heterocycles. The monoisotopic (exact) mass is 84.0 g/mol. The van der Waals surface area contributed by atoms with Gasteiger partial charge in [0.05, 0.1) is 0 Å². The van der Waals surface area contributed by atoms with Crippen molar-refractivity contribution in [2.24, 2.45) is 10.4 Å². The fourth-order valence-electron chi connectivity index (χ4n) is 0.207. The van der Waals surface area contributed by atoms with Gasteiger partial charge in [-0.1, -0.05) is 10.4 Å². The van der Waals surface area contributed by atoms with Gasteiger partial charge in [-0.15, -0.1) is 0 Å². The minimum atomic E-state index is 1.46. The quantitative estimate of drug-likeness (QED) is 0.441. The first kappa shape index (κ1) is 3.39. The van der Waals surface area contributed by atoms with Crippen LogP contribution in [-0.2, 0) is 0 Å². The van der Waals surface area contributed by atoms with Gasteiger partial charge in [0.2, 0.25) is 6.67 Å². The molecule has 1 rings (SSSR count). The number of nitrogens with one attached hydrogen (secondary N) is 1. The van der Waals surface area contributed by atoms with E-state index in [0.29, 0.717) is 0 Å². The van der Waals surface area contributed by atoms with E-state index >= 15 is 0 Å². The fraction of sp³-hybridized carbons (Fsp3) is 0.500. The minimum absolute atomic E-state index is 1.46. The van der Waals surface area contributed by atoms with Crippen LogP contribution in [0.15, 0.2) is 10.4 Å². The summed E-state index contributed by atoms with van der Waals surface area (Å²) >= 11 is 0. The van der Waals surface area contributed by atoms with E-state index in [-0.39, 0.29) is 0 Å². The zero-order valence-corrected chi connectivity index (χ0v) is 3.34. The summed E-state index contributed by atoms with van der Waals surface area (Å²) in [5.41, 5.74) is 2.41. The summed E-state index contributed by atoms with van der Waals surface area (Å²) in [5, 5.41) is 8.28. The Bertz CT molecular complexity index is 67.9. The topological polar surface area (TPSA) is 40.0 Å². The van der Waals surface area contributed by atoms with Crippen molar-refractivity contribution in [1.82, 2.24) is 10.4 Å². The van der Waals surface area contributed by atoms with Crippen molar-refractivity contribution >= 4 is 0 Å². The van der Waals surface area contributed by atoms with Crippen LogP contribution in [0, 0.1) is 6.67 Å². The van der Waals surface area contributed by atoms with Crippen molar-refractivity contribution in [3.63, 3.8) is 0 Å². The van der Waals surface area contributed by atoms with Crippen LogP contribution >= 0.6 is 0 Å². The van der Waals surface area contributed by atoms with Crippen LogP contribution in [0.4, 0.5) is 0 Å². The first-order valence-corrected chi connectivity index (χ1v) is 1.54. The van der Waals surface area contributed by atoms with Gasteiger partial charge in [-0.3, -0.25) is 5.43 Å². The average molecular weight is 84.1 g/mol. The van der Waals surface area contributed by atoms with Crippen LogP contribution in [0.1, 0.15) is 0 Å². The zero-order valence-electron chi connectivity index (χ0n) is 3.34. The molecule has 1 N–H and O–H groups in total. The van der Waals surface area contributed by atoms with Crippen molar-refractivity contribution < 1.29 is 0 Å². The van der Waals surface area contributed by atoms with E-state index in [2.05, 4.69) is 22.5 Å². The number of nitrogens with zero attached hydrogens (tertiary/aromatic N) is 3. The molecule has 4 nitrogen and oxygen atoms in total. The predicted molar refractivity (Wildman–Crippen MR) is 19.0 cm³/mol. The number of rotatable bonds is 0. The van der Waals surface area contributed by atoms with E-state index in [1.54, 1.807) is 7.05 Å². The van der Waals surface area contributed by atoms with Crippen molar-refractivity contribution in [2.45, 2.75) is 0 Å². The van der Waals surface area contributed by atoms with Crippen molar-refractivity contribution in [3.05, 3.63) is 6.67 Å². The lowest BCUT2D eigenvalue weighted by atomic mass is 11.0. The molecular formula is C2H4N4. The van der Waals surface area contributed by atoms with E-state index in [4.69, 9.17) is 0 Å². The Morgan fingerprint density at radius 3 is 2.83 bits per heavy atom. The molecule has 0 fully saturated rings. The third kappa shape index (κ3) is 0.403. The van der Waals surface area contributed by atoms with Gasteiger partial charge in [0.15, 0.2) is 0 Å². The molecule has 0 aliphatic carbocycles. The van der Waals surface area contributed by atoms with E-state index in [1.165, 1.54) is 5.01 Å². The summed E-state index contributed by atoms with van der Waals surface area (Å²) < 4.78 is 0. The molecule has 6 heavy (non-hydrogen) atoms. The standard InChI is InChI=1S/C2H4N4/c1-6-2-3-4-5-6/h1H3,(H,3,5). The second-order valence-electron chi connectivity index (χ2n) is 0.937. The lowest BCUT2D eigenvalue weighted by molar-refractivity contribution is 0.444. The molecule has 2 radical (unpaired) electrons. The van der Waals surface area contributed by atoms with Gasteiger partial charge >= 0.3 is 0 Å². The predicted octanol–water partition coefficient (Wildman–Crippen LogP) is -0.200. The van der Waals surface area contributed by atoms with Gasteiger partial charge in [0.25, 0.3) is 0 Å². The smallest absolute Gasteiger partial charge is 0.243 e. The van der Waals surface area contributed by atoms with Gasteiger partial charge in [-0.25, -0.2) is 5.01 Å². The van der Waals surface area contributed by atoms with Crippen LogP contribution in [-0.4, -0.2) is 12.1 Å². The molecule has 0 aromatic rings. The molecule has 0 saturated carbocycles. The maximum atomic E-state index is 3.47. The summed E-state index contributed by atoms with van der Waals surface area (Å²) in [5.74, 6) is 0. The molecule has 1 aliphatic rings. The first-order chi connectivity index (χ1) is 2.89. The van der Waals surface area contributed by atoms with Gasteiger partial charge < -0.3 is 0 Å². The lowest BCUT2D eigenvalue weighted by Gasteiger charge is -1.93. The van der Waals surface area contributed by atoms with Gasteiger partial charge in [0, 0.05) is 7.05 Å². The van der Waals surface area contributed by atoms with E-state index in [0.717, 1.165) is 0 Å². The van der Waals surface area contributed by atoms with Gasteiger partial charge in [-0.2, -0.15) is 0 Å². The maximum Gasteiger partial charge on any atom is 0.243 e. The normalized spacial score (nSPS) is 18.5. The summed E-state index contributed by atoms with van der Waals surface area (Å²) in [6.07, 6.45) is 0. The third-order valence-electron chi connectivity index (χ3n) is 0.441. The molecule has 0 amide bonds. The van der Waals surface area contributed by atoms with Gasteiger partial charge in [-0.05, 0) is 0 Å². The summed E-state index contributed by atoms with van der Waals surface area (Å²) in [4.78, 5) is 0. The molecule has 1 heterocycles. The molecule has 0 aromatic carbocycles. The molecule has 0 atom stereocenters. The van der Waals surface area contributed by atoms with Crippen LogP contribution in [0.2, 0.25) is 0 Å². The average Bonchev–Trinajstić information content (AvgIpc) is 1.86. The van der Waals surface area contributed by atoms with Crippen molar-refractivity contribution in [1.29, 1.82) is 0 Å². The molecule has 0 aromatic heterocycles. The largest absolute Gasteiger partial charge is 0.255 e.